The summed E-state index contributed by atoms with van der Waals surface area (Å²) in [5.41, 5.74) is 1.21. The number of nitrogens with one attached hydrogen (secondary N) is 2. The van der Waals surface area contributed by atoms with Crippen molar-refractivity contribution in [1.29, 1.82) is 0 Å². The van der Waals surface area contributed by atoms with Gasteiger partial charge in [0.05, 0.1) is 18.8 Å². The van der Waals surface area contributed by atoms with E-state index in [0.29, 0.717) is 13.2 Å². The third-order valence-corrected chi connectivity index (χ3v) is 5.26. The maximum absolute atomic E-state index is 9.30. The van der Waals surface area contributed by atoms with E-state index in [1.165, 1.54) is 0 Å². The van der Waals surface area contributed by atoms with E-state index < -0.39 is 0 Å². The Kier molecular flexibility index (Phi) is 9.07. The average molecular weight is 482 g/mol. The van der Waals surface area contributed by atoms with Crippen LogP contribution in [0.15, 0.2) is 10.4 Å². The molecule has 3 N–H and O–H groups in total. The highest BCUT2D eigenvalue weighted by atomic mass is 127. The van der Waals surface area contributed by atoms with Crippen LogP contribution in [-0.2, 0) is 16.7 Å². The Morgan fingerprint density at radius 3 is 2.72 bits per heavy atom. The monoisotopic (exact) mass is 482 g/mol. The predicted molar refractivity (Wildman–Crippen MR) is 114 cm³/mol. The maximum Gasteiger partial charge on any atom is 0.191 e. The van der Waals surface area contributed by atoms with Crippen molar-refractivity contribution in [2.75, 3.05) is 33.4 Å². The number of aromatic nitrogens is 1. The van der Waals surface area contributed by atoms with E-state index in [1.807, 2.05) is 0 Å². The summed E-state index contributed by atoms with van der Waals surface area (Å²) in [6, 6.07) is 0. The van der Waals surface area contributed by atoms with Gasteiger partial charge in [0, 0.05) is 43.0 Å². The number of hydrogen-bond acceptors (Lipinski definition) is 5. The number of hydrogen-bond donors (Lipinski definition) is 3. The van der Waals surface area contributed by atoms with Crippen molar-refractivity contribution in [3.8, 4) is 0 Å². The normalized spacial score (nSPS) is 21.1. The first-order valence-corrected chi connectivity index (χ1v) is 9.34. The average Bonchev–Trinajstić information content (AvgIpc) is 3.17. The Hall–Kier alpha value is -0.450. The van der Waals surface area contributed by atoms with E-state index >= 15 is 0 Å². The molecule has 2 heterocycles. The summed E-state index contributed by atoms with van der Waals surface area (Å²) in [4.78, 5) is 8.97. The highest BCUT2D eigenvalue weighted by Gasteiger charge is 2.34. The van der Waals surface area contributed by atoms with Crippen molar-refractivity contribution < 1.29 is 9.84 Å². The van der Waals surface area contributed by atoms with Gasteiger partial charge in [0.25, 0.3) is 0 Å². The maximum atomic E-state index is 9.30. The number of aliphatic imine (C=N–C) groups is 1. The molecular formula is C17H31IN4O2S. The third kappa shape index (κ3) is 6.65. The van der Waals surface area contributed by atoms with E-state index in [2.05, 4.69) is 46.8 Å². The summed E-state index contributed by atoms with van der Waals surface area (Å²) in [5.74, 6) is 0.756. The lowest BCUT2D eigenvalue weighted by Crippen LogP contribution is -2.44. The number of ether oxygens (including phenoxy) is 1. The molecule has 1 aromatic heterocycles. The largest absolute Gasteiger partial charge is 0.396 e. The number of aliphatic hydroxyl groups is 1. The fourth-order valence-electron chi connectivity index (χ4n) is 2.70. The van der Waals surface area contributed by atoms with Crippen LogP contribution in [0.3, 0.4) is 0 Å². The fraction of sp³-hybridized carbons (Fsp3) is 0.765. The first-order valence-electron chi connectivity index (χ1n) is 8.46. The molecule has 1 saturated heterocycles. The zero-order valence-corrected chi connectivity index (χ0v) is 18.7. The Morgan fingerprint density at radius 1 is 1.44 bits per heavy atom. The van der Waals surface area contributed by atoms with Gasteiger partial charge >= 0.3 is 0 Å². The minimum Gasteiger partial charge on any atom is -0.396 e. The molecule has 0 saturated carbocycles. The molecule has 6 nitrogen and oxygen atoms in total. The molecule has 0 bridgehead atoms. The Morgan fingerprint density at radius 2 is 2.20 bits per heavy atom. The quantitative estimate of drug-likeness (QED) is 0.330. The summed E-state index contributed by atoms with van der Waals surface area (Å²) in [5, 5.41) is 19.2. The van der Waals surface area contributed by atoms with Gasteiger partial charge in [-0.1, -0.05) is 20.8 Å². The van der Waals surface area contributed by atoms with Crippen molar-refractivity contribution in [2.24, 2.45) is 10.4 Å². The second-order valence-electron chi connectivity index (χ2n) is 7.43. The topological polar surface area (TPSA) is 78.8 Å². The molecule has 0 aromatic carbocycles. The van der Waals surface area contributed by atoms with E-state index in [1.54, 1.807) is 18.4 Å². The number of nitrogens with zero attached hydrogens (tertiary/aromatic N) is 2. The van der Waals surface area contributed by atoms with Gasteiger partial charge in [0.1, 0.15) is 5.01 Å². The van der Waals surface area contributed by atoms with Crippen molar-refractivity contribution in [3.63, 3.8) is 0 Å². The second kappa shape index (κ2) is 10.0. The van der Waals surface area contributed by atoms with E-state index in [4.69, 9.17) is 4.74 Å². The molecule has 0 radical (unpaired) electrons. The van der Waals surface area contributed by atoms with E-state index in [-0.39, 0.29) is 41.4 Å². The Labute approximate surface area is 171 Å². The fourth-order valence-corrected chi connectivity index (χ4v) is 3.66. The van der Waals surface area contributed by atoms with Crippen LogP contribution in [0.25, 0.3) is 0 Å². The minimum atomic E-state index is 0. The molecule has 144 valence electrons. The first kappa shape index (κ1) is 22.6. The molecule has 1 aromatic rings. The number of rotatable bonds is 6. The van der Waals surface area contributed by atoms with Gasteiger partial charge in [-0.25, -0.2) is 4.98 Å². The van der Waals surface area contributed by atoms with Crippen LogP contribution in [0.5, 0.6) is 0 Å². The van der Waals surface area contributed by atoms with Crippen LogP contribution in [-0.4, -0.2) is 49.5 Å². The van der Waals surface area contributed by atoms with Gasteiger partial charge in [-0.05, 0) is 12.8 Å². The summed E-state index contributed by atoms with van der Waals surface area (Å²) in [6.07, 6.45) is 1.72. The smallest absolute Gasteiger partial charge is 0.191 e. The van der Waals surface area contributed by atoms with Gasteiger partial charge in [-0.15, -0.1) is 35.3 Å². The molecule has 2 rings (SSSR count). The van der Waals surface area contributed by atoms with Gasteiger partial charge < -0.3 is 20.5 Å². The van der Waals surface area contributed by atoms with Crippen LogP contribution in [0.4, 0.5) is 0 Å². The molecule has 0 aliphatic carbocycles. The van der Waals surface area contributed by atoms with Crippen LogP contribution >= 0.6 is 35.3 Å². The lowest BCUT2D eigenvalue weighted by atomic mass is 9.84. The standard InChI is InChI=1S/C17H30N4O2S.HI/c1-16(2,3)13-10-24-14(21-13)9-19-15(18-4)20-11-17(5-7-22)6-8-23-12-17;/h10,22H,5-9,11-12H2,1-4H3,(H2,18,19,20);1H. The van der Waals surface area contributed by atoms with E-state index in [0.717, 1.165) is 42.7 Å². The number of guanidine groups is 1. The SMILES string of the molecule is CN=C(NCc1nc(C(C)(C)C)cs1)NCC1(CCO)CCOC1.I. The van der Waals surface area contributed by atoms with Gasteiger partial charge in [0.15, 0.2) is 5.96 Å². The highest BCUT2D eigenvalue weighted by molar-refractivity contribution is 14.0. The van der Waals surface area contributed by atoms with Gasteiger partial charge in [0.2, 0.25) is 0 Å². The zero-order valence-electron chi connectivity index (χ0n) is 15.6. The van der Waals surface area contributed by atoms with Crippen LogP contribution in [0, 0.1) is 5.41 Å². The Bertz CT molecular complexity index is 551. The number of thiazole rings is 1. The molecule has 0 amide bonds. The van der Waals surface area contributed by atoms with E-state index in [9.17, 15) is 5.11 Å². The third-order valence-electron chi connectivity index (χ3n) is 4.41. The molecule has 25 heavy (non-hydrogen) atoms. The second-order valence-corrected chi connectivity index (χ2v) is 8.37. The minimum absolute atomic E-state index is 0. The van der Waals surface area contributed by atoms with Gasteiger partial charge in [-0.2, -0.15) is 0 Å². The number of halogens is 1. The van der Waals surface area contributed by atoms with Gasteiger partial charge in [-0.3, -0.25) is 4.99 Å². The molecule has 1 aliphatic rings. The summed E-state index contributed by atoms with van der Waals surface area (Å²) in [6.45, 7) is 9.56. The lowest BCUT2D eigenvalue weighted by molar-refractivity contribution is 0.127. The first-order chi connectivity index (χ1) is 11.4. The summed E-state index contributed by atoms with van der Waals surface area (Å²) < 4.78 is 5.52. The van der Waals surface area contributed by atoms with Crippen molar-refractivity contribution >= 4 is 41.3 Å². The molecule has 1 atom stereocenters. The lowest BCUT2D eigenvalue weighted by Gasteiger charge is -2.27. The summed E-state index contributed by atoms with van der Waals surface area (Å²) in [7, 11) is 1.77. The molecule has 1 unspecified atom stereocenters. The highest BCUT2D eigenvalue weighted by Crippen LogP contribution is 2.31. The molecule has 0 spiro atoms. The number of aliphatic hydroxyl groups excluding tert-OH is 1. The van der Waals surface area contributed by atoms with Crippen LogP contribution < -0.4 is 10.6 Å². The van der Waals surface area contributed by atoms with Crippen molar-refractivity contribution in [1.82, 2.24) is 15.6 Å². The van der Waals surface area contributed by atoms with Crippen LogP contribution in [0.2, 0.25) is 0 Å². The summed E-state index contributed by atoms with van der Waals surface area (Å²) >= 11 is 1.67. The zero-order chi connectivity index (χ0) is 17.6. The van der Waals surface area contributed by atoms with Crippen LogP contribution in [0.1, 0.15) is 44.3 Å². The molecular weight excluding hydrogens is 451 g/mol. The molecule has 1 aliphatic heterocycles. The van der Waals surface area contributed by atoms with Crippen molar-refractivity contribution in [2.45, 2.75) is 45.6 Å². The van der Waals surface area contributed by atoms with Crippen molar-refractivity contribution in [3.05, 3.63) is 16.1 Å². The molecule has 8 heteroatoms. The Balaban J connectivity index is 0.00000312. The predicted octanol–water partition coefficient (Wildman–Crippen LogP) is 2.51. The molecule has 1 fully saturated rings.